The Bertz CT molecular complexity index is 655. The first kappa shape index (κ1) is 29.2. The molecular formula is C16H26I3N4O2-. The number of nitro benzene ring substituents is 1. The Hall–Kier alpha value is -0.570. The van der Waals surface area contributed by atoms with Gasteiger partial charge in [-0.1, -0.05) is 14.9 Å². The number of anilines is 3. The summed E-state index contributed by atoms with van der Waals surface area (Å²) in [6.07, 6.45) is 0. The van der Waals surface area contributed by atoms with Crippen LogP contribution in [0.2, 0.25) is 0 Å². The van der Waals surface area contributed by atoms with E-state index < -0.39 is 4.92 Å². The molecule has 0 atom stereocenters. The van der Waals surface area contributed by atoms with Crippen LogP contribution in [0.5, 0.6) is 0 Å². The SMILES string of the molecule is C.C.Cc1cc(N)ccc1N.Cc1cc([N+](=O)[O-])ccc1N.I[I-]I. The number of hydrogen-bond acceptors (Lipinski definition) is 5. The second-order valence-electron chi connectivity index (χ2n) is 4.47. The third-order valence-electron chi connectivity index (χ3n) is 2.76. The molecule has 0 aliphatic carbocycles. The molecule has 9 heteroatoms. The van der Waals surface area contributed by atoms with Crippen molar-refractivity contribution >= 4 is 60.0 Å². The summed E-state index contributed by atoms with van der Waals surface area (Å²) < 4.78 is 0. The number of halogens is 3. The van der Waals surface area contributed by atoms with Crippen LogP contribution < -0.4 is 30.5 Å². The minimum atomic E-state index is -0.438. The number of benzene rings is 2. The van der Waals surface area contributed by atoms with Gasteiger partial charge in [0, 0.05) is 29.2 Å². The number of nitrogens with two attached hydrogens (primary N) is 3. The third-order valence-corrected chi connectivity index (χ3v) is 2.76. The molecule has 0 heterocycles. The molecule has 6 nitrogen and oxygen atoms in total. The molecule has 0 aliphatic rings. The van der Waals surface area contributed by atoms with Crippen LogP contribution >= 0.6 is 37.2 Å². The van der Waals surface area contributed by atoms with Crippen LogP contribution in [-0.4, -0.2) is 4.92 Å². The number of nitro groups is 1. The summed E-state index contributed by atoms with van der Waals surface area (Å²) in [4.78, 5) is 9.79. The van der Waals surface area contributed by atoms with E-state index >= 15 is 0 Å². The van der Waals surface area contributed by atoms with E-state index in [0.717, 1.165) is 22.5 Å². The molecular weight excluding hydrogens is 661 g/mol. The molecule has 0 spiro atoms. The van der Waals surface area contributed by atoms with Gasteiger partial charge in [-0.25, -0.2) is 0 Å². The van der Waals surface area contributed by atoms with Gasteiger partial charge in [0.25, 0.3) is 5.69 Å². The van der Waals surface area contributed by atoms with Crippen molar-refractivity contribution in [2.75, 3.05) is 17.2 Å². The predicted octanol–water partition coefficient (Wildman–Crippen LogP) is 2.69. The fraction of sp³-hybridized carbons (Fsp3) is 0.250. The minimum absolute atomic E-state index is 0. The molecule has 0 aromatic heterocycles. The second-order valence-corrected chi connectivity index (χ2v) is 20.7. The molecule has 25 heavy (non-hydrogen) atoms. The van der Waals surface area contributed by atoms with Crippen molar-refractivity contribution in [1.82, 2.24) is 0 Å². The summed E-state index contributed by atoms with van der Waals surface area (Å²) >= 11 is 5.30. The van der Waals surface area contributed by atoms with Crippen LogP contribution in [0.1, 0.15) is 26.0 Å². The molecule has 6 N–H and O–H groups in total. The average molecular weight is 687 g/mol. The molecule has 0 unspecified atom stereocenters. The van der Waals surface area contributed by atoms with Gasteiger partial charge in [-0.2, -0.15) is 0 Å². The van der Waals surface area contributed by atoms with Gasteiger partial charge in [0.15, 0.2) is 0 Å². The number of hydrogen-bond donors (Lipinski definition) is 3. The molecule has 2 aromatic carbocycles. The maximum absolute atomic E-state index is 10.2. The summed E-state index contributed by atoms with van der Waals surface area (Å²) in [6, 6.07) is 9.84. The zero-order valence-corrected chi connectivity index (χ0v) is 19.1. The number of aryl methyl sites for hydroxylation is 2. The molecule has 0 radical (unpaired) electrons. The maximum atomic E-state index is 10.2. The van der Waals surface area contributed by atoms with E-state index in [4.69, 9.17) is 17.2 Å². The van der Waals surface area contributed by atoms with Crippen molar-refractivity contribution in [1.29, 1.82) is 0 Å². The zero-order chi connectivity index (χ0) is 18.0. The van der Waals surface area contributed by atoms with Crippen LogP contribution in [0, 0.1) is 24.0 Å². The third kappa shape index (κ3) is 12.4. The van der Waals surface area contributed by atoms with Crippen molar-refractivity contribution in [3.63, 3.8) is 0 Å². The molecule has 0 saturated heterocycles. The Kier molecular flexibility index (Phi) is 18.3. The van der Waals surface area contributed by atoms with E-state index in [1.165, 1.54) is 18.2 Å². The molecule has 0 fully saturated rings. The van der Waals surface area contributed by atoms with Gasteiger partial charge in [0.05, 0.1) is 4.92 Å². The van der Waals surface area contributed by atoms with Crippen LogP contribution in [-0.2, 0) is 0 Å². The first-order valence-electron chi connectivity index (χ1n) is 6.22. The van der Waals surface area contributed by atoms with Crippen molar-refractivity contribution in [2.45, 2.75) is 28.7 Å². The van der Waals surface area contributed by atoms with E-state index in [1.54, 1.807) is 13.0 Å². The first-order valence-corrected chi connectivity index (χ1v) is 18.8. The number of rotatable bonds is 1. The average Bonchev–Trinajstić information content (AvgIpc) is 2.47. The van der Waals surface area contributed by atoms with E-state index in [-0.39, 0.29) is 20.5 Å². The summed E-state index contributed by atoms with van der Waals surface area (Å²) in [5.74, 6) is 0. The van der Waals surface area contributed by atoms with Gasteiger partial charge >= 0.3 is 50.5 Å². The molecule has 2 rings (SSSR count). The van der Waals surface area contributed by atoms with Gasteiger partial charge < -0.3 is 17.2 Å². The topological polar surface area (TPSA) is 121 Å². The fourth-order valence-electron chi connectivity index (χ4n) is 1.47. The molecule has 2 aromatic rings. The molecule has 0 bridgehead atoms. The molecule has 0 saturated carbocycles. The second kappa shape index (κ2) is 15.7. The van der Waals surface area contributed by atoms with E-state index in [9.17, 15) is 10.1 Å². The monoisotopic (exact) mass is 687 g/mol. The molecule has 0 amide bonds. The van der Waals surface area contributed by atoms with E-state index in [0.29, 0.717) is 18.9 Å². The van der Waals surface area contributed by atoms with Crippen LogP contribution in [0.4, 0.5) is 22.7 Å². The Labute approximate surface area is 180 Å². The quantitative estimate of drug-likeness (QED) is 0.185. The molecule has 0 aliphatic heterocycles. The first-order chi connectivity index (χ1) is 10.7. The Balaban J connectivity index is -0.000000317. The normalized spacial score (nSPS) is 8.48. The number of non-ortho nitro benzene ring substituents is 1. The van der Waals surface area contributed by atoms with Crippen molar-refractivity contribution in [2.24, 2.45) is 0 Å². The summed E-state index contributed by atoms with van der Waals surface area (Å²) in [5.41, 5.74) is 20.5. The van der Waals surface area contributed by atoms with E-state index in [1.807, 2.05) is 19.1 Å². The van der Waals surface area contributed by atoms with Gasteiger partial charge in [-0.3, -0.25) is 10.1 Å². The fourth-order valence-corrected chi connectivity index (χ4v) is 1.47. The van der Waals surface area contributed by atoms with Crippen LogP contribution in [0.3, 0.4) is 0 Å². The standard InChI is InChI=1S/C7H8N2O2.C7H10N2.2CH4.I3/c1-5-4-6(9(10)11)2-3-7(5)8;1-5-4-6(8)2-3-7(5)9;;;1-3-2/h2-4H,8H2,1H3;2-4H,8-9H2,1H3;2*1H4;/q;;;;-1. The van der Waals surface area contributed by atoms with Crippen molar-refractivity contribution in [3.8, 4) is 0 Å². The van der Waals surface area contributed by atoms with Gasteiger partial charge in [0.2, 0.25) is 0 Å². The Morgan fingerprint density at radius 1 is 0.920 bits per heavy atom. The summed E-state index contributed by atoms with van der Waals surface area (Å²) in [6.45, 7) is 3.67. The molecule has 144 valence electrons. The predicted molar refractivity (Wildman–Crippen MR) is 124 cm³/mol. The number of nitrogens with zero attached hydrogens (tertiary/aromatic N) is 1. The number of nitrogen functional groups attached to an aromatic ring is 3. The zero-order valence-electron chi connectivity index (χ0n) is 12.6. The van der Waals surface area contributed by atoms with Gasteiger partial charge in [-0.05, 0) is 49.2 Å². The Morgan fingerprint density at radius 2 is 1.32 bits per heavy atom. The van der Waals surface area contributed by atoms with Crippen LogP contribution in [0.25, 0.3) is 0 Å². The van der Waals surface area contributed by atoms with E-state index in [2.05, 4.69) is 37.2 Å². The van der Waals surface area contributed by atoms with Crippen molar-refractivity contribution < 1.29 is 18.2 Å². The van der Waals surface area contributed by atoms with Gasteiger partial charge in [0.1, 0.15) is 0 Å². The van der Waals surface area contributed by atoms with Crippen LogP contribution in [0.15, 0.2) is 36.4 Å². The van der Waals surface area contributed by atoms with Crippen molar-refractivity contribution in [3.05, 3.63) is 57.6 Å². The van der Waals surface area contributed by atoms with Gasteiger partial charge in [-0.15, -0.1) is 0 Å². The summed E-state index contributed by atoms with van der Waals surface area (Å²) in [7, 11) is 0. The Morgan fingerprint density at radius 3 is 1.64 bits per heavy atom. The summed E-state index contributed by atoms with van der Waals surface area (Å²) in [5, 5.41) is 10.2.